The first-order valence-corrected chi connectivity index (χ1v) is 13.3. The van der Waals surface area contributed by atoms with E-state index in [4.69, 9.17) is 11.6 Å². The van der Waals surface area contributed by atoms with Gasteiger partial charge in [-0.1, -0.05) is 31.4 Å². The van der Waals surface area contributed by atoms with E-state index in [2.05, 4.69) is 27.4 Å². The third kappa shape index (κ3) is 6.04. The van der Waals surface area contributed by atoms with Crippen LogP contribution in [0.4, 0.5) is 24.7 Å². The van der Waals surface area contributed by atoms with Crippen molar-refractivity contribution in [2.24, 2.45) is 7.05 Å². The average molecular weight is 587 g/mol. The average Bonchev–Trinajstić information content (AvgIpc) is 3.52. The number of halogens is 4. The number of unbranched alkanes of at least 4 members (excludes halogenated alkanes) is 2. The fraction of sp³-hybridized carbons (Fsp3) is 0.296. The molecule has 0 radical (unpaired) electrons. The highest BCUT2D eigenvalue weighted by Crippen LogP contribution is 2.30. The van der Waals surface area contributed by atoms with Crippen molar-refractivity contribution in [1.29, 1.82) is 0 Å². The molecule has 0 aliphatic heterocycles. The van der Waals surface area contributed by atoms with Crippen molar-refractivity contribution in [2.75, 3.05) is 5.32 Å². The van der Waals surface area contributed by atoms with Gasteiger partial charge in [0.05, 0.1) is 29.3 Å². The van der Waals surface area contributed by atoms with Crippen LogP contribution in [0, 0.1) is 17.5 Å². The largest absolute Gasteiger partial charge is 0.340 e. The van der Waals surface area contributed by atoms with Gasteiger partial charge in [-0.3, -0.25) is 23.3 Å². The van der Waals surface area contributed by atoms with E-state index in [1.54, 1.807) is 19.2 Å². The van der Waals surface area contributed by atoms with E-state index in [0.717, 1.165) is 46.4 Å². The second-order valence-corrected chi connectivity index (χ2v) is 10.0. The topological polar surface area (TPSA) is 105 Å². The minimum Gasteiger partial charge on any atom is -0.340 e. The number of benzene rings is 2. The van der Waals surface area contributed by atoms with Gasteiger partial charge in [0, 0.05) is 42.9 Å². The zero-order valence-corrected chi connectivity index (χ0v) is 23.0. The van der Waals surface area contributed by atoms with E-state index in [-0.39, 0.29) is 28.8 Å². The van der Waals surface area contributed by atoms with E-state index < -0.39 is 35.2 Å². The second-order valence-electron chi connectivity index (χ2n) is 9.63. The summed E-state index contributed by atoms with van der Waals surface area (Å²) >= 11 is 6.53. The number of aryl methyl sites for hydroxylation is 2. The smallest absolute Gasteiger partial charge is 0.333 e. The molecule has 3 heterocycles. The third-order valence-electron chi connectivity index (χ3n) is 6.54. The number of anilines is 2. The van der Waals surface area contributed by atoms with E-state index in [1.807, 2.05) is 10.9 Å². The Kier molecular flexibility index (Phi) is 7.97. The van der Waals surface area contributed by atoms with Crippen LogP contribution >= 0.6 is 11.6 Å². The molecule has 0 saturated carbocycles. The summed E-state index contributed by atoms with van der Waals surface area (Å²) in [5, 5.41) is 12.7. The van der Waals surface area contributed by atoms with Crippen LogP contribution in [-0.4, -0.2) is 33.7 Å². The summed E-state index contributed by atoms with van der Waals surface area (Å²) in [5.41, 5.74) is -0.818. The van der Waals surface area contributed by atoms with Crippen molar-refractivity contribution in [3.8, 4) is 0 Å². The maximum absolute atomic E-state index is 14.6. The van der Waals surface area contributed by atoms with Gasteiger partial charge >= 0.3 is 5.69 Å². The zero-order chi connectivity index (χ0) is 29.3. The predicted octanol–water partition coefficient (Wildman–Crippen LogP) is 4.59. The van der Waals surface area contributed by atoms with Gasteiger partial charge in [-0.25, -0.2) is 22.9 Å². The van der Waals surface area contributed by atoms with Crippen molar-refractivity contribution in [3.05, 3.63) is 97.6 Å². The Balaban J connectivity index is 1.57. The van der Waals surface area contributed by atoms with E-state index in [9.17, 15) is 22.8 Å². The van der Waals surface area contributed by atoms with Crippen molar-refractivity contribution in [1.82, 2.24) is 33.7 Å². The molecular formula is C27H26ClF3N8O2. The minimum atomic E-state index is -1.36. The summed E-state index contributed by atoms with van der Waals surface area (Å²) in [5.74, 6) is -3.54. The van der Waals surface area contributed by atoms with Crippen molar-refractivity contribution < 1.29 is 13.2 Å². The van der Waals surface area contributed by atoms with Crippen molar-refractivity contribution >= 4 is 34.0 Å². The molecule has 3 aromatic heterocycles. The Labute approximate surface area is 236 Å². The lowest BCUT2D eigenvalue weighted by Gasteiger charge is -2.17. The summed E-state index contributed by atoms with van der Waals surface area (Å²) in [6.07, 6.45) is 6.40. The van der Waals surface area contributed by atoms with Gasteiger partial charge in [0.25, 0.3) is 5.56 Å². The SMILES string of the molecule is CCCCCn1cc2cc(Nc3cc(=O)n(Cc4ncn(C)n4)c(=O)n3Cc3cc(F)c(F)cc3F)c(Cl)cc2n1. The molecule has 14 heteroatoms. The summed E-state index contributed by atoms with van der Waals surface area (Å²) in [4.78, 5) is 30.7. The fourth-order valence-electron chi connectivity index (χ4n) is 4.44. The van der Waals surface area contributed by atoms with Crippen LogP contribution in [0.25, 0.3) is 10.9 Å². The number of rotatable bonds is 10. The van der Waals surface area contributed by atoms with Crippen molar-refractivity contribution in [3.63, 3.8) is 0 Å². The number of aromatic nitrogens is 7. The lowest BCUT2D eigenvalue weighted by molar-refractivity contribution is 0.486. The Morgan fingerprint density at radius 1 is 0.927 bits per heavy atom. The third-order valence-corrected chi connectivity index (χ3v) is 6.85. The van der Waals surface area contributed by atoms with Gasteiger partial charge in [0.15, 0.2) is 17.5 Å². The molecule has 0 atom stereocenters. The fourth-order valence-corrected chi connectivity index (χ4v) is 4.65. The first kappa shape index (κ1) is 28.1. The normalized spacial score (nSPS) is 11.5. The van der Waals surface area contributed by atoms with Crippen LogP contribution in [0.5, 0.6) is 0 Å². The summed E-state index contributed by atoms with van der Waals surface area (Å²) < 4.78 is 47.4. The molecular weight excluding hydrogens is 561 g/mol. The molecule has 214 valence electrons. The summed E-state index contributed by atoms with van der Waals surface area (Å²) in [6.45, 7) is 2.08. The van der Waals surface area contributed by atoms with Gasteiger partial charge in [-0.15, -0.1) is 0 Å². The molecule has 0 saturated heterocycles. The highest BCUT2D eigenvalue weighted by atomic mass is 35.5. The number of hydrogen-bond acceptors (Lipinski definition) is 6. The minimum absolute atomic E-state index is 0.0362. The summed E-state index contributed by atoms with van der Waals surface area (Å²) in [7, 11) is 1.63. The van der Waals surface area contributed by atoms with Gasteiger partial charge in [0.1, 0.15) is 18.0 Å². The lowest BCUT2D eigenvalue weighted by atomic mass is 10.2. The number of nitrogens with zero attached hydrogens (tertiary/aromatic N) is 7. The first-order chi connectivity index (χ1) is 19.6. The number of fused-ring (bicyclic) bond motifs is 1. The van der Waals surface area contributed by atoms with Crippen LogP contribution < -0.4 is 16.6 Å². The molecule has 0 fully saturated rings. The van der Waals surface area contributed by atoms with Crippen LogP contribution in [-0.2, 0) is 26.7 Å². The molecule has 5 rings (SSSR count). The first-order valence-electron chi connectivity index (χ1n) is 12.9. The lowest BCUT2D eigenvalue weighted by Crippen LogP contribution is -2.41. The number of nitrogens with one attached hydrogen (secondary N) is 1. The maximum Gasteiger partial charge on any atom is 0.333 e. The Morgan fingerprint density at radius 3 is 2.44 bits per heavy atom. The van der Waals surface area contributed by atoms with E-state index in [0.29, 0.717) is 23.3 Å². The molecule has 0 bridgehead atoms. The molecule has 0 aliphatic rings. The van der Waals surface area contributed by atoms with Gasteiger partial charge in [-0.2, -0.15) is 10.2 Å². The molecule has 0 spiro atoms. The quantitative estimate of drug-likeness (QED) is 0.190. The van der Waals surface area contributed by atoms with E-state index in [1.165, 1.54) is 11.0 Å². The van der Waals surface area contributed by atoms with E-state index >= 15 is 0 Å². The molecule has 41 heavy (non-hydrogen) atoms. The van der Waals surface area contributed by atoms with Gasteiger partial charge < -0.3 is 5.32 Å². The zero-order valence-electron chi connectivity index (χ0n) is 22.2. The predicted molar refractivity (Wildman–Crippen MR) is 148 cm³/mol. The van der Waals surface area contributed by atoms with Crippen LogP contribution in [0.2, 0.25) is 5.02 Å². The van der Waals surface area contributed by atoms with Crippen LogP contribution in [0.15, 0.2) is 52.4 Å². The number of hydrogen-bond donors (Lipinski definition) is 1. The molecule has 0 amide bonds. The standard InChI is InChI=1S/C27H26ClF3N8O2/c1-3-4-5-6-37-12-17-8-23(18(28)9-22(17)34-37)33-25-11-26(40)39(14-24-32-15-36(2)35-24)27(41)38(25)13-16-7-20(30)21(31)10-19(16)29/h7-12,15,33H,3-6,13-14H2,1-2H3. The molecule has 1 N–H and O–H groups in total. The molecule has 10 nitrogen and oxygen atoms in total. The summed E-state index contributed by atoms with van der Waals surface area (Å²) in [6, 6.07) is 5.58. The van der Waals surface area contributed by atoms with Crippen LogP contribution in [0.3, 0.4) is 0 Å². The Bertz CT molecular complexity index is 1860. The highest BCUT2D eigenvalue weighted by molar-refractivity contribution is 6.34. The second kappa shape index (κ2) is 11.6. The Morgan fingerprint density at radius 2 is 1.71 bits per heavy atom. The maximum atomic E-state index is 14.6. The Hall–Kier alpha value is -4.39. The monoisotopic (exact) mass is 586 g/mol. The van der Waals surface area contributed by atoms with Crippen LogP contribution in [0.1, 0.15) is 37.6 Å². The molecule has 2 aromatic carbocycles. The highest BCUT2D eigenvalue weighted by Gasteiger charge is 2.18. The van der Waals surface area contributed by atoms with Gasteiger partial charge in [-0.05, 0) is 24.6 Å². The van der Waals surface area contributed by atoms with Gasteiger partial charge in [0.2, 0.25) is 0 Å². The molecule has 0 unspecified atom stereocenters. The molecule has 0 aliphatic carbocycles. The van der Waals surface area contributed by atoms with Crippen molar-refractivity contribution in [2.45, 2.75) is 45.8 Å². The molecule has 5 aromatic rings.